The van der Waals surface area contributed by atoms with Crippen LogP contribution < -0.4 is 4.74 Å². The first-order valence-electron chi connectivity index (χ1n) is 7.26. The quantitative estimate of drug-likeness (QED) is 0.603. The van der Waals surface area contributed by atoms with Crippen LogP contribution in [0.5, 0.6) is 11.5 Å². The molecule has 1 aromatic carbocycles. The Bertz CT molecular complexity index is 698. The Kier molecular flexibility index (Phi) is 6.05. The van der Waals surface area contributed by atoms with Crippen molar-refractivity contribution < 1.29 is 24.2 Å². The Labute approximate surface area is 144 Å². The van der Waals surface area contributed by atoms with E-state index in [0.717, 1.165) is 16.7 Å². The molecular formula is C17H19NO5S. The predicted octanol–water partition coefficient (Wildman–Crippen LogP) is 2.81. The van der Waals surface area contributed by atoms with Gasteiger partial charge in [0.1, 0.15) is 0 Å². The maximum atomic E-state index is 12.3. The highest BCUT2D eigenvalue weighted by molar-refractivity contribution is 8.18. The van der Waals surface area contributed by atoms with E-state index in [2.05, 4.69) is 6.58 Å². The molecule has 0 aromatic heterocycles. The van der Waals surface area contributed by atoms with Gasteiger partial charge in [0, 0.05) is 12.7 Å². The van der Waals surface area contributed by atoms with Crippen molar-refractivity contribution in [3.8, 4) is 11.5 Å². The smallest absolute Gasteiger partial charge is 0.293 e. The Morgan fingerprint density at radius 1 is 1.33 bits per heavy atom. The number of carbonyl (C=O) groups is 2. The third-order valence-corrected chi connectivity index (χ3v) is 4.36. The van der Waals surface area contributed by atoms with E-state index in [4.69, 9.17) is 9.47 Å². The number of nitrogens with zero attached hydrogens (tertiary/aromatic N) is 1. The molecule has 0 radical (unpaired) electrons. The first-order valence-corrected chi connectivity index (χ1v) is 8.08. The molecule has 7 heteroatoms. The van der Waals surface area contributed by atoms with Crippen LogP contribution in [0.3, 0.4) is 0 Å². The van der Waals surface area contributed by atoms with Crippen molar-refractivity contribution in [1.82, 2.24) is 4.90 Å². The number of benzene rings is 1. The normalized spacial score (nSPS) is 16.1. The number of rotatable bonds is 7. The molecular weight excluding hydrogens is 330 g/mol. The lowest BCUT2D eigenvalue weighted by molar-refractivity contribution is -0.123. The third-order valence-electron chi connectivity index (χ3n) is 3.45. The van der Waals surface area contributed by atoms with Crippen molar-refractivity contribution in [1.29, 1.82) is 0 Å². The molecule has 1 aromatic rings. The van der Waals surface area contributed by atoms with Crippen LogP contribution in [0, 0.1) is 0 Å². The Morgan fingerprint density at radius 3 is 2.71 bits per heavy atom. The number of imide groups is 1. The molecule has 1 fully saturated rings. The molecule has 1 aliphatic heterocycles. The molecule has 0 saturated carbocycles. The minimum atomic E-state index is -0.348. The number of thioether (sulfide) groups is 1. The molecule has 1 N–H and O–H groups in total. The fraction of sp³-hybridized carbons (Fsp3) is 0.294. The molecule has 0 atom stereocenters. The summed E-state index contributed by atoms with van der Waals surface area (Å²) in [5, 5.41) is 9.78. The number of methoxy groups -OCH3 is 2. The van der Waals surface area contributed by atoms with E-state index in [0.29, 0.717) is 34.8 Å². The van der Waals surface area contributed by atoms with Gasteiger partial charge in [-0.05, 0) is 42.0 Å². The molecule has 2 rings (SSSR count). The second kappa shape index (κ2) is 8.03. The lowest BCUT2D eigenvalue weighted by atomic mass is 10.1. The summed E-state index contributed by atoms with van der Waals surface area (Å²) in [6, 6.07) is 3.35. The van der Waals surface area contributed by atoms with Gasteiger partial charge < -0.3 is 14.6 Å². The van der Waals surface area contributed by atoms with Gasteiger partial charge in [0.25, 0.3) is 11.1 Å². The number of amides is 2. The van der Waals surface area contributed by atoms with Crippen LogP contribution in [-0.2, 0) is 16.0 Å². The summed E-state index contributed by atoms with van der Waals surface area (Å²) in [5.74, 6) is 0.00123. The van der Waals surface area contributed by atoms with Gasteiger partial charge in [-0.3, -0.25) is 14.5 Å². The van der Waals surface area contributed by atoms with Crippen LogP contribution in [0.1, 0.15) is 11.1 Å². The predicted molar refractivity (Wildman–Crippen MR) is 93.1 cm³/mol. The zero-order valence-corrected chi connectivity index (χ0v) is 14.4. The minimum absolute atomic E-state index is 0.0442. The molecule has 0 bridgehead atoms. The second-order valence-corrected chi connectivity index (χ2v) is 6.04. The molecule has 24 heavy (non-hydrogen) atoms. The van der Waals surface area contributed by atoms with E-state index in [-0.39, 0.29) is 23.4 Å². The van der Waals surface area contributed by atoms with E-state index >= 15 is 0 Å². The van der Waals surface area contributed by atoms with Gasteiger partial charge in [0.05, 0.1) is 25.2 Å². The number of hydrogen-bond donors (Lipinski definition) is 1. The number of phenols is 1. The number of hydrogen-bond acceptors (Lipinski definition) is 6. The minimum Gasteiger partial charge on any atom is -0.504 e. The summed E-state index contributed by atoms with van der Waals surface area (Å²) in [7, 11) is 2.97. The summed E-state index contributed by atoms with van der Waals surface area (Å²) >= 11 is 0.883. The Hall–Kier alpha value is -2.25. The van der Waals surface area contributed by atoms with Gasteiger partial charge in [-0.15, -0.1) is 6.58 Å². The highest BCUT2D eigenvalue weighted by Crippen LogP contribution is 2.36. The summed E-state index contributed by atoms with van der Waals surface area (Å²) in [6.07, 6.45) is 3.74. The lowest BCUT2D eigenvalue weighted by Crippen LogP contribution is -2.31. The van der Waals surface area contributed by atoms with E-state index in [9.17, 15) is 14.7 Å². The molecule has 1 saturated heterocycles. The average molecular weight is 349 g/mol. The number of aromatic hydroxyl groups is 1. The summed E-state index contributed by atoms with van der Waals surface area (Å²) in [6.45, 7) is 4.17. The van der Waals surface area contributed by atoms with E-state index < -0.39 is 0 Å². The first kappa shape index (κ1) is 18.1. The molecule has 1 heterocycles. The van der Waals surface area contributed by atoms with Gasteiger partial charge >= 0.3 is 0 Å². The van der Waals surface area contributed by atoms with Crippen molar-refractivity contribution in [2.24, 2.45) is 0 Å². The fourth-order valence-corrected chi connectivity index (χ4v) is 3.13. The van der Waals surface area contributed by atoms with Crippen molar-refractivity contribution in [3.05, 3.63) is 40.8 Å². The summed E-state index contributed by atoms with van der Waals surface area (Å²) < 4.78 is 10.1. The molecule has 0 spiro atoms. The van der Waals surface area contributed by atoms with Crippen molar-refractivity contribution >= 4 is 29.0 Å². The maximum absolute atomic E-state index is 12.3. The molecule has 0 unspecified atom stereocenters. The maximum Gasteiger partial charge on any atom is 0.293 e. The van der Waals surface area contributed by atoms with Crippen molar-refractivity contribution in [2.45, 2.75) is 6.42 Å². The lowest BCUT2D eigenvalue weighted by Gasteiger charge is -2.11. The number of phenolic OH excluding ortho intramolecular Hbond substituents is 1. The second-order valence-electron chi connectivity index (χ2n) is 5.05. The summed E-state index contributed by atoms with van der Waals surface area (Å²) in [5.41, 5.74) is 1.30. The van der Waals surface area contributed by atoms with E-state index in [1.807, 2.05) is 0 Å². The number of ether oxygens (including phenoxy) is 2. The van der Waals surface area contributed by atoms with Gasteiger partial charge in [0.15, 0.2) is 11.5 Å². The average Bonchev–Trinajstić information content (AvgIpc) is 2.82. The standard InChI is InChI=1S/C17H19NO5S/c1-4-5-12-8-11(9-13(23-3)15(12)19)10-14-16(20)18(6-7-22-2)17(21)24-14/h4,8-10,19H,1,5-7H2,2-3H3/b14-10+. The van der Waals surface area contributed by atoms with Gasteiger partial charge in [-0.2, -0.15) is 0 Å². The van der Waals surface area contributed by atoms with Crippen LogP contribution in [0.15, 0.2) is 29.7 Å². The Balaban J connectivity index is 2.34. The molecule has 128 valence electrons. The van der Waals surface area contributed by atoms with Crippen LogP contribution in [0.4, 0.5) is 4.79 Å². The first-order chi connectivity index (χ1) is 11.5. The zero-order valence-electron chi connectivity index (χ0n) is 13.6. The Morgan fingerprint density at radius 2 is 2.08 bits per heavy atom. The van der Waals surface area contributed by atoms with Crippen molar-refractivity contribution in [2.75, 3.05) is 27.4 Å². The molecule has 2 amide bonds. The van der Waals surface area contributed by atoms with Crippen LogP contribution >= 0.6 is 11.8 Å². The topological polar surface area (TPSA) is 76.1 Å². The van der Waals surface area contributed by atoms with Crippen LogP contribution in [0.2, 0.25) is 0 Å². The number of carbonyl (C=O) groups excluding carboxylic acids is 2. The van der Waals surface area contributed by atoms with E-state index in [1.54, 1.807) is 24.3 Å². The molecule has 1 aliphatic rings. The largest absolute Gasteiger partial charge is 0.504 e. The highest BCUT2D eigenvalue weighted by atomic mass is 32.2. The molecule has 6 nitrogen and oxygen atoms in total. The fourth-order valence-electron chi connectivity index (χ4n) is 2.27. The van der Waals surface area contributed by atoms with Crippen LogP contribution in [0.25, 0.3) is 6.08 Å². The summed E-state index contributed by atoms with van der Waals surface area (Å²) in [4.78, 5) is 25.7. The van der Waals surface area contributed by atoms with E-state index in [1.165, 1.54) is 14.2 Å². The number of allylic oxidation sites excluding steroid dienone is 1. The zero-order chi connectivity index (χ0) is 17.7. The van der Waals surface area contributed by atoms with Crippen LogP contribution in [-0.4, -0.2) is 48.5 Å². The molecule has 0 aliphatic carbocycles. The monoisotopic (exact) mass is 349 g/mol. The van der Waals surface area contributed by atoms with Gasteiger partial charge in [0.2, 0.25) is 0 Å². The SMILES string of the molecule is C=CCc1cc(/C=C2/SC(=O)N(CCOC)C2=O)cc(OC)c1O. The van der Waals surface area contributed by atoms with Crippen molar-refractivity contribution in [3.63, 3.8) is 0 Å². The third kappa shape index (κ3) is 3.80. The van der Waals surface area contributed by atoms with Gasteiger partial charge in [-0.1, -0.05) is 6.08 Å². The van der Waals surface area contributed by atoms with Gasteiger partial charge in [-0.25, -0.2) is 0 Å². The highest BCUT2D eigenvalue weighted by Gasteiger charge is 2.34.